The summed E-state index contributed by atoms with van der Waals surface area (Å²) in [6, 6.07) is 13.4. The Balaban J connectivity index is 1.86. The van der Waals surface area contributed by atoms with Gasteiger partial charge in [0.05, 0.1) is 9.82 Å². The molecule has 26 heavy (non-hydrogen) atoms. The highest BCUT2D eigenvalue weighted by molar-refractivity contribution is 7.89. The monoisotopic (exact) mass is 397 g/mol. The number of rotatable bonds is 9. The van der Waals surface area contributed by atoms with Gasteiger partial charge in [-0.25, -0.2) is 13.1 Å². The Morgan fingerprint density at radius 1 is 1.19 bits per heavy atom. The summed E-state index contributed by atoms with van der Waals surface area (Å²) in [5, 5.41) is 10.8. The van der Waals surface area contributed by atoms with Gasteiger partial charge in [-0.1, -0.05) is 41.9 Å². The highest BCUT2D eigenvalue weighted by Crippen LogP contribution is 2.26. The number of sulfonamides is 1. The van der Waals surface area contributed by atoms with Crippen molar-refractivity contribution in [3.8, 4) is 0 Å². The average Bonchev–Trinajstić information content (AvgIpc) is 2.59. The molecule has 0 aromatic heterocycles. The van der Waals surface area contributed by atoms with Crippen LogP contribution in [0.3, 0.4) is 0 Å². The van der Waals surface area contributed by atoms with E-state index in [2.05, 4.69) is 9.62 Å². The molecule has 0 spiro atoms. The van der Waals surface area contributed by atoms with Gasteiger partial charge < -0.3 is 4.90 Å². The molecule has 2 rings (SSSR count). The van der Waals surface area contributed by atoms with E-state index in [0.29, 0.717) is 13.0 Å². The summed E-state index contributed by atoms with van der Waals surface area (Å²) in [4.78, 5) is 12.1. The Kier molecular flexibility index (Phi) is 7.10. The zero-order chi connectivity index (χ0) is 19.2. The van der Waals surface area contributed by atoms with Crippen LogP contribution < -0.4 is 4.72 Å². The third-order valence-electron chi connectivity index (χ3n) is 3.73. The summed E-state index contributed by atoms with van der Waals surface area (Å²) in [6.45, 7) is 1.72. The largest absolute Gasteiger partial charge is 0.302 e. The summed E-state index contributed by atoms with van der Waals surface area (Å²) < 4.78 is 27.0. The lowest BCUT2D eigenvalue weighted by molar-refractivity contribution is -0.384. The number of nitrogens with zero attached hydrogens (tertiary/aromatic N) is 2. The third kappa shape index (κ3) is 5.77. The van der Waals surface area contributed by atoms with Crippen LogP contribution in [0.1, 0.15) is 12.0 Å². The Morgan fingerprint density at radius 2 is 1.88 bits per heavy atom. The molecule has 2 aromatic carbocycles. The van der Waals surface area contributed by atoms with Gasteiger partial charge in [-0.2, -0.15) is 0 Å². The maximum absolute atomic E-state index is 12.3. The molecule has 0 bridgehead atoms. The zero-order valence-electron chi connectivity index (χ0n) is 14.3. The molecular weight excluding hydrogens is 378 g/mol. The lowest BCUT2D eigenvalue weighted by atomic mass is 10.2. The number of nitro benzene ring substituents is 1. The van der Waals surface area contributed by atoms with Gasteiger partial charge in [-0.3, -0.25) is 10.1 Å². The van der Waals surface area contributed by atoms with Crippen molar-refractivity contribution in [2.45, 2.75) is 17.9 Å². The quantitative estimate of drug-likeness (QED) is 0.399. The number of benzene rings is 2. The summed E-state index contributed by atoms with van der Waals surface area (Å²) in [5.74, 6) is 0. The topological polar surface area (TPSA) is 92.6 Å². The van der Waals surface area contributed by atoms with Gasteiger partial charge in [0.2, 0.25) is 10.0 Å². The Hall–Kier alpha value is -2.00. The number of nitrogens with one attached hydrogen (secondary N) is 1. The molecule has 0 amide bonds. The molecule has 0 aliphatic rings. The molecule has 9 heteroatoms. The van der Waals surface area contributed by atoms with E-state index in [9.17, 15) is 18.5 Å². The Bertz CT molecular complexity index is 860. The predicted molar refractivity (Wildman–Crippen MR) is 101 cm³/mol. The second kappa shape index (κ2) is 9.09. The fourth-order valence-corrected chi connectivity index (χ4v) is 3.69. The van der Waals surface area contributed by atoms with Crippen molar-refractivity contribution in [1.82, 2.24) is 9.62 Å². The summed E-state index contributed by atoms with van der Waals surface area (Å²) in [5.41, 5.74) is 0.751. The Morgan fingerprint density at radius 3 is 2.54 bits per heavy atom. The predicted octanol–water partition coefficient (Wildman–Crippen LogP) is 3.05. The minimum atomic E-state index is -3.82. The van der Waals surface area contributed by atoms with E-state index < -0.39 is 20.6 Å². The van der Waals surface area contributed by atoms with Crippen molar-refractivity contribution in [1.29, 1.82) is 0 Å². The first-order chi connectivity index (χ1) is 12.3. The van der Waals surface area contributed by atoms with Crippen molar-refractivity contribution in [2.24, 2.45) is 0 Å². The summed E-state index contributed by atoms with van der Waals surface area (Å²) >= 11 is 5.71. The molecular formula is C17H20ClN3O4S. The molecule has 0 radical (unpaired) electrons. The van der Waals surface area contributed by atoms with Crippen LogP contribution in [0.15, 0.2) is 53.4 Å². The fourth-order valence-electron chi connectivity index (χ4n) is 2.41. The molecule has 0 saturated heterocycles. The standard InChI is InChI=1S/C17H20ClN3O4S/c1-20(13-14-6-3-2-4-7-14)11-5-10-19-26(24,25)15-8-9-16(18)17(12-15)21(22)23/h2-4,6-9,12,19H,5,10-11,13H2,1H3. The van der Waals surface area contributed by atoms with Crippen LogP contribution in [0.25, 0.3) is 0 Å². The van der Waals surface area contributed by atoms with Gasteiger partial charge in [0, 0.05) is 19.2 Å². The molecule has 0 saturated carbocycles. The zero-order valence-corrected chi connectivity index (χ0v) is 15.8. The second-order valence-corrected chi connectivity index (χ2v) is 8.02. The number of hydrogen-bond acceptors (Lipinski definition) is 5. The molecule has 0 aliphatic heterocycles. The van der Waals surface area contributed by atoms with E-state index in [1.807, 2.05) is 37.4 Å². The van der Waals surface area contributed by atoms with Crippen molar-refractivity contribution in [2.75, 3.05) is 20.1 Å². The van der Waals surface area contributed by atoms with E-state index in [-0.39, 0.29) is 16.5 Å². The summed E-state index contributed by atoms with van der Waals surface area (Å²) in [6.07, 6.45) is 0.609. The molecule has 0 atom stereocenters. The van der Waals surface area contributed by atoms with Gasteiger partial charge in [-0.15, -0.1) is 0 Å². The van der Waals surface area contributed by atoms with Gasteiger partial charge in [0.25, 0.3) is 5.69 Å². The molecule has 0 fully saturated rings. The van der Waals surface area contributed by atoms with Crippen LogP contribution >= 0.6 is 11.6 Å². The van der Waals surface area contributed by atoms with Crippen molar-refractivity contribution < 1.29 is 13.3 Å². The van der Waals surface area contributed by atoms with Crippen LogP contribution in [0.4, 0.5) is 5.69 Å². The highest BCUT2D eigenvalue weighted by Gasteiger charge is 2.20. The SMILES string of the molecule is CN(CCCNS(=O)(=O)c1ccc(Cl)c([N+](=O)[O-])c1)Cc1ccccc1. The molecule has 7 nitrogen and oxygen atoms in total. The van der Waals surface area contributed by atoms with Gasteiger partial charge >= 0.3 is 0 Å². The van der Waals surface area contributed by atoms with E-state index >= 15 is 0 Å². The van der Waals surface area contributed by atoms with E-state index in [1.54, 1.807) is 0 Å². The lowest BCUT2D eigenvalue weighted by Gasteiger charge is -2.16. The first-order valence-corrected chi connectivity index (χ1v) is 9.82. The Labute approximate surface area is 157 Å². The van der Waals surface area contributed by atoms with Crippen LogP contribution in [0.5, 0.6) is 0 Å². The first-order valence-electron chi connectivity index (χ1n) is 7.95. The third-order valence-corrected chi connectivity index (χ3v) is 5.51. The molecule has 1 N–H and O–H groups in total. The van der Waals surface area contributed by atoms with Crippen LogP contribution in [-0.4, -0.2) is 38.4 Å². The minimum absolute atomic E-state index is 0.100. The number of halogens is 1. The lowest BCUT2D eigenvalue weighted by Crippen LogP contribution is -2.28. The van der Waals surface area contributed by atoms with Gasteiger partial charge in [0.1, 0.15) is 5.02 Å². The van der Waals surface area contributed by atoms with Gasteiger partial charge in [0.15, 0.2) is 0 Å². The normalized spacial score (nSPS) is 11.7. The number of nitro groups is 1. The fraction of sp³-hybridized carbons (Fsp3) is 0.294. The average molecular weight is 398 g/mol. The van der Waals surface area contributed by atoms with Crippen LogP contribution in [0.2, 0.25) is 5.02 Å². The van der Waals surface area contributed by atoms with Gasteiger partial charge in [-0.05, 0) is 37.7 Å². The van der Waals surface area contributed by atoms with Crippen molar-refractivity contribution >= 4 is 27.3 Å². The highest BCUT2D eigenvalue weighted by atomic mass is 35.5. The molecule has 140 valence electrons. The van der Waals surface area contributed by atoms with E-state index in [1.165, 1.54) is 17.7 Å². The van der Waals surface area contributed by atoms with Crippen molar-refractivity contribution in [3.63, 3.8) is 0 Å². The van der Waals surface area contributed by atoms with Crippen LogP contribution in [-0.2, 0) is 16.6 Å². The second-order valence-electron chi connectivity index (χ2n) is 5.85. The minimum Gasteiger partial charge on any atom is -0.302 e. The van der Waals surface area contributed by atoms with Crippen molar-refractivity contribution in [3.05, 3.63) is 69.2 Å². The maximum Gasteiger partial charge on any atom is 0.289 e. The summed E-state index contributed by atoms with van der Waals surface area (Å²) in [7, 11) is -1.86. The van der Waals surface area contributed by atoms with E-state index in [0.717, 1.165) is 12.6 Å². The number of hydrogen-bond donors (Lipinski definition) is 1. The van der Waals surface area contributed by atoms with Crippen LogP contribution in [0, 0.1) is 10.1 Å². The smallest absolute Gasteiger partial charge is 0.289 e. The maximum atomic E-state index is 12.3. The molecule has 0 unspecified atom stereocenters. The van der Waals surface area contributed by atoms with E-state index in [4.69, 9.17) is 11.6 Å². The molecule has 0 heterocycles. The first kappa shape index (κ1) is 20.3. The molecule has 0 aliphatic carbocycles. The molecule has 2 aromatic rings.